The van der Waals surface area contributed by atoms with Crippen LogP contribution in [0.2, 0.25) is 10.2 Å². The molecule has 3 atom stereocenters. The summed E-state index contributed by atoms with van der Waals surface area (Å²) in [4.78, 5) is 22.0. The number of amides is 1. The number of cyclic esters (lactones) is 1. The summed E-state index contributed by atoms with van der Waals surface area (Å²) in [6, 6.07) is 9.57. The lowest BCUT2D eigenvalue weighted by Gasteiger charge is -2.23. The Morgan fingerprint density at radius 3 is 2.65 bits per heavy atom. The SMILES string of the molecule is C[C@H](Nc1nc(Cl)cc(N2C(=O)OCC2[C@@H](C)O)n1)c1cc(-c2ccc(Cl)cc2)no1. The van der Waals surface area contributed by atoms with E-state index in [1.165, 1.54) is 11.0 Å². The average Bonchev–Trinajstić information content (AvgIpc) is 3.35. The van der Waals surface area contributed by atoms with Crippen LogP contribution in [-0.2, 0) is 4.74 Å². The maximum atomic E-state index is 12.2. The number of aromatic nitrogens is 3. The minimum atomic E-state index is -0.809. The number of carbonyl (C=O) groups is 1. The van der Waals surface area contributed by atoms with E-state index in [1.54, 1.807) is 25.1 Å². The number of hydrogen-bond acceptors (Lipinski definition) is 8. The van der Waals surface area contributed by atoms with Crippen molar-refractivity contribution in [3.05, 3.63) is 52.3 Å². The summed E-state index contributed by atoms with van der Waals surface area (Å²) < 4.78 is 10.5. The van der Waals surface area contributed by atoms with Gasteiger partial charge in [0.25, 0.3) is 0 Å². The predicted octanol–water partition coefficient (Wildman–Crippen LogP) is 4.32. The Hall–Kier alpha value is -2.88. The van der Waals surface area contributed by atoms with Gasteiger partial charge in [-0.05, 0) is 26.0 Å². The lowest BCUT2D eigenvalue weighted by Crippen LogP contribution is -2.41. The van der Waals surface area contributed by atoms with Gasteiger partial charge in [-0.15, -0.1) is 0 Å². The maximum absolute atomic E-state index is 12.2. The van der Waals surface area contributed by atoms with Gasteiger partial charge >= 0.3 is 6.09 Å². The van der Waals surface area contributed by atoms with Crippen LogP contribution in [0.4, 0.5) is 16.6 Å². The van der Waals surface area contributed by atoms with E-state index in [1.807, 2.05) is 19.1 Å². The van der Waals surface area contributed by atoms with Crippen LogP contribution < -0.4 is 10.2 Å². The van der Waals surface area contributed by atoms with Gasteiger partial charge in [0.2, 0.25) is 5.95 Å². The highest BCUT2D eigenvalue weighted by molar-refractivity contribution is 6.30. The molecule has 2 aromatic heterocycles. The number of benzene rings is 1. The van der Waals surface area contributed by atoms with Crippen LogP contribution in [0, 0.1) is 0 Å². The number of rotatable bonds is 6. The minimum Gasteiger partial charge on any atom is -0.447 e. The lowest BCUT2D eigenvalue weighted by atomic mass is 10.1. The van der Waals surface area contributed by atoms with Crippen LogP contribution in [0.15, 0.2) is 40.9 Å². The molecule has 1 aliphatic heterocycles. The van der Waals surface area contributed by atoms with Crippen molar-refractivity contribution in [2.45, 2.75) is 32.0 Å². The molecule has 1 saturated heterocycles. The fraction of sp³-hybridized carbons (Fsp3) is 0.300. The van der Waals surface area contributed by atoms with Crippen molar-refractivity contribution in [3.8, 4) is 11.3 Å². The van der Waals surface area contributed by atoms with Crippen LogP contribution in [-0.4, -0.2) is 45.1 Å². The maximum Gasteiger partial charge on any atom is 0.416 e. The Morgan fingerprint density at radius 1 is 1.19 bits per heavy atom. The molecule has 162 valence electrons. The van der Waals surface area contributed by atoms with E-state index < -0.39 is 18.2 Å². The zero-order chi connectivity index (χ0) is 22.1. The van der Waals surface area contributed by atoms with E-state index in [2.05, 4.69) is 20.4 Å². The fourth-order valence-corrected chi connectivity index (χ4v) is 3.47. The van der Waals surface area contributed by atoms with Gasteiger partial charge in [-0.3, -0.25) is 4.90 Å². The van der Waals surface area contributed by atoms with Crippen molar-refractivity contribution in [2.75, 3.05) is 16.8 Å². The Labute approximate surface area is 187 Å². The predicted molar refractivity (Wildman–Crippen MR) is 115 cm³/mol. The zero-order valence-corrected chi connectivity index (χ0v) is 18.1. The van der Waals surface area contributed by atoms with E-state index in [4.69, 9.17) is 32.5 Å². The van der Waals surface area contributed by atoms with E-state index in [9.17, 15) is 9.90 Å². The molecule has 1 unspecified atom stereocenters. The molecule has 4 rings (SSSR count). The first-order valence-corrected chi connectivity index (χ1v) is 10.2. The average molecular weight is 464 g/mol. The normalized spacial score (nSPS) is 18.0. The Balaban J connectivity index is 1.54. The van der Waals surface area contributed by atoms with Crippen LogP contribution in [0.3, 0.4) is 0 Å². The minimum absolute atomic E-state index is 0.0584. The van der Waals surface area contributed by atoms with Crippen molar-refractivity contribution >= 4 is 41.1 Å². The van der Waals surface area contributed by atoms with Gasteiger partial charge in [-0.1, -0.05) is 40.5 Å². The van der Waals surface area contributed by atoms with E-state index in [0.717, 1.165) is 5.56 Å². The Bertz CT molecular complexity index is 1090. The van der Waals surface area contributed by atoms with Crippen molar-refractivity contribution in [2.24, 2.45) is 0 Å². The van der Waals surface area contributed by atoms with Gasteiger partial charge in [-0.25, -0.2) is 9.78 Å². The van der Waals surface area contributed by atoms with Crippen molar-refractivity contribution in [1.82, 2.24) is 15.1 Å². The molecule has 0 saturated carbocycles. The lowest BCUT2D eigenvalue weighted by molar-refractivity contribution is 0.142. The van der Waals surface area contributed by atoms with Gasteiger partial charge in [0.15, 0.2) is 5.76 Å². The van der Waals surface area contributed by atoms with Crippen LogP contribution in [0.5, 0.6) is 0 Å². The molecule has 3 heterocycles. The fourth-order valence-electron chi connectivity index (χ4n) is 3.16. The highest BCUT2D eigenvalue weighted by atomic mass is 35.5. The zero-order valence-electron chi connectivity index (χ0n) is 16.6. The summed E-state index contributed by atoms with van der Waals surface area (Å²) in [6.07, 6.45) is -1.42. The summed E-state index contributed by atoms with van der Waals surface area (Å²) in [6.45, 7) is 3.48. The molecule has 0 radical (unpaired) electrons. The van der Waals surface area contributed by atoms with E-state index in [0.29, 0.717) is 16.5 Å². The Kier molecular flexibility index (Phi) is 5.99. The molecule has 3 aromatic rings. The topological polar surface area (TPSA) is 114 Å². The monoisotopic (exact) mass is 463 g/mol. The molecule has 1 fully saturated rings. The van der Waals surface area contributed by atoms with Crippen LogP contribution in [0.25, 0.3) is 11.3 Å². The molecule has 1 amide bonds. The van der Waals surface area contributed by atoms with Gasteiger partial charge in [-0.2, -0.15) is 4.98 Å². The van der Waals surface area contributed by atoms with Crippen LogP contribution >= 0.6 is 23.2 Å². The molecule has 0 aliphatic carbocycles. The summed E-state index contributed by atoms with van der Waals surface area (Å²) in [5.41, 5.74) is 1.53. The number of nitrogens with one attached hydrogen (secondary N) is 1. The number of hydrogen-bond donors (Lipinski definition) is 2. The molecule has 1 aliphatic rings. The van der Waals surface area contributed by atoms with Gasteiger partial charge < -0.3 is 19.7 Å². The Morgan fingerprint density at radius 2 is 1.94 bits per heavy atom. The molecular formula is C20H19Cl2N5O4. The second-order valence-corrected chi connectivity index (χ2v) is 7.94. The summed E-state index contributed by atoms with van der Waals surface area (Å²) >= 11 is 12.1. The number of aliphatic hydroxyl groups is 1. The van der Waals surface area contributed by atoms with Crippen molar-refractivity contribution in [3.63, 3.8) is 0 Å². The first kappa shape index (κ1) is 21.4. The molecule has 1 aromatic carbocycles. The van der Waals surface area contributed by atoms with E-state index in [-0.39, 0.29) is 29.6 Å². The number of ether oxygens (including phenoxy) is 1. The molecule has 11 heteroatoms. The molecule has 0 bridgehead atoms. The summed E-state index contributed by atoms with van der Waals surface area (Å²) in [5.74, 6) is 0.962. The highest BCUT2D eigenvalue weighted by Crippen LogP contribution is 2.29. The third-order valence-electron chi connectivity index (χ3n) is 4.83. The summed E-state index contributed by atoms with van der Waals surface area (Å²) in [7, 11) is 0. The third-order valence-corrected chi connectivity index (χ3v) is 5.28. The summed E-state index contributed by atoms with van der Waals surface area (Å²) in [5, 5.41) is 17.9. The second-order valence-electron chi connectivity index (χ2n) is 7.11. The van der Waals surface area contributed by atoms with Crippen LogP contribution in [0.1, 0.15) is 25.6 Å². The van der Waals surface area contributed by atoms with Gasteiger partial charge in [0.1, 0.15) is 29.3 Å². The first-order valence-electron chi connectivity index (χ1n) is 9.49. The second kappa shape index (κ2) is 8.70. The standard InChI is InChI=1S/C20H19Cl2N5O4/c1-10(16-7-14(26-31-16)12-3-5-13(21)6-4-12)23-19-24-17(22)8-18(25-19)27-15(11(2)28)9-30-20(27)29/h3-8,10-11,15,28H,9H2,1-2H3,(H,23,24,25)/t10-,11+,15?/m0/s1. The number of aliphatic hydroxyl groups excluding tert-OH is 1. The molecule has 31 heavy (non-hydrogen) atoms. The first-order chi connectivity index (χ1) is 14.8. The third kappa shape index (κ3) is 4.58. The largest absolute Gasteiger partial charge is 0.447 e. The molecule has 2 N–H and O–H groups in total. The molecule has 9 nitrogen and oxygen atoms in total. The molecule has 0 spiro atoms. The smallest absolute Gasteiger partial charge is 0.416 e. The van der Waals surface area contributed by atoms with Crippen molar-refractivity contribution in [1.29, 1.82) is 0 Å². The quantitative estimate of drug-likeness (QED) is 0.519. The molecular weight excluding hydrogens is 445 g/mol. The number of carbonyl (C=O) groups excluding carboxylic acids is 1. The number of anilines is 2. The van der Waals surface area contributed by atoms with Gasteiger partial charge in [0.05, 0.1) is 12.1 Å². The highest BCUT2D eigenvalue weighted by Gasteiger charge is 2.38. The number of nitrogens with zero attached hydrogens (tertiary/aromatic N) is 4. The van der Waals surface area contributed by atoms with E-state index >= 15 is 0 Å². The van der Waals surface area contributed by atoms with Gasteiger partial charge in [0, 0.05) is 22.7 Å². The van der Waals surface area contributed by atoms with Crippen molar-refractivity contribution < 1.29 is 19.2 Å². The number of halogens is 2.